The van der Waals surface area contributed by atoms with Gasteiger partial charge < -0.3 is 25.0 Å². The molecule has 0 aliphatic carbocycles. The van der Waals surface area contributed by atoms with Crippen molar-refractivity contribution in [3.8, 4) is 0 Å². The van der Waals surface area contributed by atoms with Gasteiger partial charge in [-0.1, -0.05) is 55.8 Å². The first-order valence-electron chi connectivity index (χ1n) is 16.1. The van der Waals surface area contributed by atoms with Crippen LogP contribution in [-0.4, -0.2) is 85.4 Å². The Morgan fingerprint density at radius 3 is 2.36 bits per heavy atom. The van der Waals surface area contributed by atoms with Crippen LogP contribution in [-0.2, 0) is 30.7 Å². The van der Waals surface area contributed by atoms with Gasteiger partial charge in [0.15, 0.2) is 0 Å². The highest BCUT2D eigenvalue weighted by Gasteiger charge is 2.44. The Hall–Kier alpha value is -3.35. The molecule has 0 saturated carbocycles. The molecule has 2 bridgehead atoms. The number of sulfonamides is 1. The van der Waals surface area contributed by atoms with Gasteiger partial charge in [0.1, 0.15) is 11.6 Å². The zero-order valence-electron chi connectivity index (χ0n) is 28.0. The highest BCUT2D eigenvalue weighted by molar-refractivity contribution is 7.89. The number of carbonyl (C=O) groups is 3. The first kappa shape index (κ1) is 36.5. The van der Waals surface area contributed by atoms with Gasteiger partial charge >= 0.3 is 12.2 Å². The van der Waals surface area contributed by atoms with E-state index in [1.165, 1.54) is 7.11 Å². The molecule has 258 valence electrons. The second-order valence-electron chi connectivity index (χ2n) is 13.6. The Morgan fingerprint density at radius 1 is 1.04 bits per heavy atom. The third-order valence-corrected chi connectivity index (χ3v) is 10.9. The minimum absolute atomic E-state index is 0.0357. The van der Waals surface area contributed by atoms with Crippen molar-refractivity contribution >= 4 is 45.4 Å². The number of piperazine rings is 1. The first-order valence-corrected chi connectivity index (χ1v) is 18.1. The number of benzene rings is 2. The van der Waals surface area contributed by atoms with Crippen LogP contribution in [0.1, 0.15) is 70.9 Å². The second-order valence-corrected chi connectivity index (χ2v) is 16.1. The lowest BCUT2D eigenvalue weighted by atomic mass is 9.82. The predicted molar refractivity (Wildman–Crippen MR) is 182 cm³/mol. The predicted octanol–water partition coefficient (Wildman–Crippen LogP) is 5.79. The molecule has 4 rings (SSSR count). The lowest BCUT2D eigenvalue weighted by molar-refractivity contribution is -0.118. The number of para-hydroxylation sites is 1. The first-order chi connectivity index (χ1) is 22.1. The van der Waals surface area contributed by atoms with Gasteiger partial charge in [-0.05, 0) is 81.7 Å². The molecule has 47 heavy (non-hydrogen) atoms. The van der Waals surface area contributed by atoms with Gasteiger partial charge in [0.2, 0.25) is 15.9 Å². The minimum atomic E-state index is -3.51. The second kappa shape index (κ2) is 15.3. The van der Waals surface area contributed by atoms with E-state index in [1.807, 2.05) is 58.9 Å². The van der Waals surface area contributed by atoms with E-state index in [0.29, 0.717) is 36.4 Å². The fourth-order valence-electron chi connectivity index (χ4n) is 6.45. The maximum absolute atomic E-state index is 14.0. The summed E-state index contributed by atoms with van der Waals surface area (Å²) in [6.45, 7) is 9.82. The van der Waals surface area contributed by atoms with Gasteiger partial charge in [-0.2, -0.15) is 4.31 Å². The topological polar surface area (TPSA) is 134 Å². The van der Waals surface area contributed by atoms with E-state index in [9.17, 15) is 22.8 Å². The Kier molecular flexibility index (Phi) is 11.8. The largest absolute Gasteiger partial charge is 0.453 e. The Morgan fingerprint density at radius 2 is 1.72 bits per heavy atom. The maximum atomic E-state index is 14.0. The number of ether oxygens (including phenoxy) is 2. The molecule has 2 N–H and O–H groups in total. The SMILES string of the molecule is COC(=O)N[C@H](C(=O)Nc1ccccc1CCC1CN(C(=O)OC(C)(C)C)C2CCCS(=O)(=O)N1C2)[C@@H](c1ccc(Cl)cc1)C(C)C. The van der Waals surface area contributed by atoms with E-state index in [0.717, 1.165) is 11.1 Å². The van der Waals surface area contributed by atoms with Crippen molar-refractivity contribution in [2.24, 2.45) is 5.92 Å². The van der Waals surface area contributed by atoms with Crippen LogP contribution >= 0.6 is 11.6 Å². The van der Waals surface area contributed by atoms with Crippen molar-refractivity contribution in [1.82, 2.24) is 14.5 Å². The van der Waals surface area contributed by atoms with Crippen molar-refractivity contribution in [3.05, 3.63) is 64.7 Å². The van der Waals surface area contributed by atoms with Crippen LogP contribution in [0.5, 0.6) is 0 Å². The molecule has 2 aromatic carbocycles. The molecule has 2 aromatic rings. The van der Waals surface area contributed by atoms with Crippen LogP contribution in [0.15, 0.2) is 48.5 Å². The summed E-state index contributed by atoms with van der Waals surface area (Å²) in [5.74, 6) is -0.837. The number of amides is 3. The number of hydrogen-bond donors (Lipinski definition) is 2. The minimum Gasteiger partial charge on any atom is -0.453 e. The average Bonchev–Trinajstić information content (AvgIpc) is 3.12. The highest BCUT2D eigenvalue weighted by atomic mass is 35.5. The van der Waals surface area contributed by atoms with Gasteiger partial charge in [-0.25, -0.2) is 18.0 Å². The Labute approximate surface area is 283 Å². The van der Waals surface area contributed by atoms with Crippen LogP contribution in [0.25, 0.3) is 0 Å². The maximum Gasteiger partial charge on any atom is 0.410 e. The molecule has 3 amide bonds. The molecule has 0 radical (unpaired) electrons. The number of alkyl carbamates (subject to hydrolysis) is 1. The summed E-state index contributed by atoms with van der Waals surface area (Å²) in [6.07, 6.45) is 0.732. The Balaban J connectivity index is 1.57. The number of nitrogens with zero attached hydrogens (tertiary/aromatic N) is 2. The molecule has 5 atom stereocenters. The number of halogens is 1. The van der Waals surface area contributed by atoms with Crippen LogP contribution in [0.3, 0.4) is 0 Å². The van der Waals surface area contributed by atoms with Crippen molar-refractivity contribution in [2.75, 3.05) is 31.3 Å². The van der Waals surface area contributed by atoms with Crippen LogP contribution < -0.4 is 10.6 Å². The summed E-state index contributed by atoms with van der Waals surface area (Å²) in [5.41, 5.74) is 1.49. The number of aryl methyl sites for hydroxylation is 1. The van der Waals surface area contributed by atoms with E-state index in [4.69, 9.17) is 21.1 Å². The summed E-state index contributed by atoms with van der Waals surface area (Å²) in [5, 5.41) is 6.30. The van der Waals surface area contributed by atoms with E-state index >= 15 is 0 Å². The zero-order chi connectivity index (χ0) is 34.5. The fraction of sp³-hybridized carbons (Fsp3) is 0.559. The third kappa shape index (κ3) is 9.39. The number of rotatable bonds is 9. The van der Waals surface area contributed by atoms with Crippen molar-refractivity contribution in [3.63, 3.8) is 0 Å². The van der Waals surface area contributed by atoms with E-state index in [1.54, 1.807) is 33.5 Å². The molecular weight excluding hydrogens is 644 g/mol. The summed E-state index contributed by atoms with van der Waals surface area (Å²) >= 11 is 6.13. The number of nitrogens with one attached hydrogen (secondary N) is 2. The standard InChI is InChI=1S/C34H47ClN4O7S/c1-22(2)29(24-13-16-25(35)17-14-24)30(37-32(41)45-6)31(40)36-28-12-8-7-10-23(28)15-18-27-20-38(33(42)46-34(3,4)5)26-11-9-19-47(43,44)39(27)21-26/h7-8,10,12-14,16-17,22,26-27,29-30H,9,11,15,18-21H2,1-6H3,(H,36,40)(H,37,41)/t26?,27?,29-,30+/m1/s1. The molecule has 2 aliphatic heterocycles. The number of methoxy groups -OCH3 is 1. The van der Waals surface area contributed by atoms with E-state index in [2.05, 4.69) is 10.6 Å². The lowest BCUT2D eigenvalue weighted by Gasteiger charge is -2.44. The summed E-state index contributed by atoms with van der Waals surface area (Å²) in [6, 6.07) is 12.8. The monoisotopic (exact) mass is 690 g/mol. The lowest BCUT2D eigenvalue weighted by Crippen LogP contribution is -2.60. The molecule has 2 fully saturated rings. The number of anilines is 1. The number of carbonyl (C=O) groups excluding carboxylic acids is 3. The van der Waals surface area contributed by atoms with Crippen LogP contribution in [0.2, 0.25) is 5.02 Å². The fourth-order valence-corrected chi connectivity index (χ4v) is 8.37. The van der Waals surface area contributed by atoms with Crippen molar-refractivity contribution in [2.45, 2.75) is 89.9 Å². The van der Waals surface area contributed by atoms with Crippen LogP contribution in [0.4, 0.5) is 15.3 Å². The highest BCUT2D eigenvalue weighted by Crippen LogP contribution is 2.32. The van der Waals surface area contributed by atoms with Gasteiger partial charge in [0, 0.05) is 41.8 Å². The summed E-state index contributed by atoms with van der Waals surface area (Å²) in [4.78, 5) is 41.3. The van der Waals surface area contributed by atoms with E-state index < -0.39 is 51.7 Å². The van der Waals surface area contributed by atoms with Gasteiger partial charge in [-0.3, -0.25) is 4.79 Å². The zero-order valence-corrected chi connectivity index (χ0v) is 29.6. The quantitative estimate of drug-likeness (QED) is 0.340. The third-order valence-electron chi connectivity index (χ3n) is 8.67. The molecule has 2 heterocycles. The molecule has 11 nitrogen and oxygen atoms in total. The molecular formula is C34H47ClN4O7S. The van der Waals surface area contributed by atoms with Crippen molar-refractivity contribution < 1.29 is 32.3 Å². The number of hydrogen-bond acceptors (Lipinski definition) is 7. The molecule has 0 spiro atoms. The normalized spacial score (nSPS) is 22.0. The molecule has 3 unspecified atom stereocenters. The van der Waals surface area contributed by atoms with E-state index in [-0.39, 0.29) is 30.8 Å². The molecule has 2 aliphatic rings. The summed E-state index contributed by atoms with van der Waals surface area (Å²) < 4.78 is 38.7. The Bertz CT molecular complexity index is 1530. The molecule has 13 heteroatoms. The number of fused-ring (bicyclic) bond motifs is 2. The van der Waals surface area contributed by atoms with Gasteiger partial charge in [0.05, 0.1) is 12.9 Å². The smallest absolute Gasteiger partial charge is 0.410 e. The summed E-state index contributed by atoms with van der Waals surface area (Å²) in [7, 11) is -2.26. The van der Waals surface area contributed by atoms with Crippen molar-refractivity contribution in [1.29, 1.82) is 0 Å². The molecule has 0 aromatic heterocycles. The average molecular weight is 691 g/mol. The van der Waals surface area contributed by atoms with Gasteiger partial charge in [0.25, 0.3) is 0 Å². The van der Waals surface area contributed by atoms with Crippen LogP contribution in [0, 0.1) is 5.92 Å². The van der Waals surface area contributed by atoms with Gasteiger partial charge in [-0.15, -0.1) is 0 Å². The molecule has 2 saturated heterocycles.